The number of nitrogens with one attached hydrogen (secondary N) is 1. The van der Waals surface area contributed by atoms with Crippen LogP contribution in [0.1, 0.15) is 5.82 Å². The van der Waals surface area contributed by atoms with Crippen molar-refractivity contribution in [3.8, 4) is 22.5 Å². The molecule has 3 rings (SSSR count). The molecule has 1 aromatic heterocycles. The zero-order valence-corrected chi connectivity index (χ0v) is 15.5. The maximum Gasteiger partial charge on any atom is 0.449 e. The molecule has 3 aromatic rings. The van der Waals surface area contributed by atoms with Crippen molar-refractivity contribution in [3.05, 3.63) is 58.3 Å². The number of nitrogens with zero attached hydrogens (tertiary/aromatic N) is 1. The van der Waals surface area contributed by atoms with Gasteiger partial charge in [0.25, 0.3) is 0 Å². The average molecular weight is 436 g/mol. The lowest BCUT2D eigenvalue weighted by atomic mass is 10.1. The summed E-state index contributed by atoms with van der Waals surface area (Å²) in [7, 11) is -3.93. The van der Waals surface area contributed by atoms with Crippen LogP contribution in [0.3, 0.4) is 0 Å². The summed E-state index contributed by atoms with van der Waals surface area (Å²) < 4.78 is 62.1. The van der Waals surface area contributed by atoms with Crippen molar-refractivity contribution >= 4 is 33.2 Å². The third-order valence-electron chi connectivity index (χ3n) is 3.64. The molecule has 0 amide bonds. The van der Waals surface area contributed by atoms with Gasteiger partial charge < -0.3 is 4.98 Å². The molecule has 11 heteroatoms. The van der Waals surface area contributed by atoms with Crippen LogP contribution in [0, 0.1) is 0 Å². The Hall–Kier alpha value is -2.07. The maximum absolute atomic E-state index is 13.1. The van der Waals surface area contributed by atoms with Gasteiger partial charge in [0.2, 0.25) is 15.8 Å². The van der Waals surface area contributed by atoms with E-state index in [0.717, 1.165) is 0 Å². The van der Waals surface area contributed by atoms with Gasteiger partial charge in [-0.3, -0.25) is 0 Å². The fourth-order valence-electron chi connectivity index (χ4n) is 2.38. The van der Waals surface area contributed by atoms with E-state index in [0.29, 0.717) is 5.56 Å². The van der Waals surface area contributed by atoms with Gasteiger partial charge in [0.05, 0.1) is 26.3 Å². The lowest BCUT2D eigenvalue weighted by molar-refractivity contribution is -0.144. The number of H-pyrrole nitrogens is 1. The molecule has 0 fully saturated rings. The smallest absolute Gasteiger partial charge is 0.334 e. The molecule has 0 radical (unpaired) electrons. The number of alkyl halides is 3. The van der Waals surface area contributed by atoms with E-state index < -0.39 is 22.0 Å². The summed E-state index contributed by atoms with van der Waals surface area (Å²) >= 11 is 11.8. The second kappa shape index (κ2) is 6.83. The molecule has 0 bridgehead atoms. The lowest BCUT2D eigenvalue weighted by Gasteiger charge is -2.06. The van der Waals surface area contributed by atoms with Crippen LogP contribution in [-0.2, 0) is 16.2 Å². The first-order valence-corrected chi connectivity index (χ1v) is 9.53. The Morgan fingerprint density at radius 1 is 0.963 bits per heavy atom. The highest BCUT2D eigenvalue weighted by molar-refractivity contribution is 7.89. The molecule has 0 aliphatic heterocycles. The standard InChI is InChI=1S/C16H10Cl2F3N3O2S/c17-11-6-3-9(7-12(11)18)14-13(23-15(24-14)16(19,20)21)8-1-4-10(5-2-8)27(22,25)26/h1-7H,(H,23,24)(H2,22,25,26). The molecule has 0 saturated carbocycles. The second-order valence-electron chi connectivity index (χ2n) is 5.51. The van der Waals surface area contributed by atoms with Crippen molar-refractivity contribution in [1.82, 2.24) is 9.97 Å². The van der Waals surface area contributed by atoms with E-state index in [-0.39, 0.29) is 31.9 Å². The SMILES string of the molecule is NS(=O)(=O)c1ccc(-c2nc(C(F)(F)F)[nH]c2-c2ccc(Cl)c(Cl)c2)cc1. The molecule has 0 spiro atoms. The summed E-state index contributed by atoms with van der Waals surface area (Å²) in [5.74, 6) is -1.20. The van der Waals surface area contributed by atoms with Crippen LogP contribution in [0.2, 0.25) is 10.0 Å². The Bertz CT molecular complexity index is 1110. The number of hydrogen-bond acceptors (Lipinski definition) is 3. The van der Waals surface area contributed by atoms with Crippen LogP contribution in [0.25, 0.3) is 22.5 Å². The number of aromatic amines is 1. The van der Waals surface area contributed by atoms with Crippen molar-refractivity contribution in [2.24, 2.45) is 5.14 Å². The highest BCUT2D eigenvalue weighted by Gasteiger charge is 2.36. The molecule has 5 nitrogen and oxygen atoms in total. The predicted molar refractivity (Wildman–Crippen MR) is 95.9 cm³/mol. The Morgan fingerprint density at radius 3 is 2.07 bits per heavy atom. The zero-order chi connectivity index (χ0) is 20.0. The van der Waals surface area contributed by atoms with Crippen LogP contribution in [0.4, 0.5) is 13.2 Å². The van der Waals surface area contributed by atoms with Crippen LogP contribution in [-0.4, -0.2) is 18.4 Å². The fraction of sp³-hybridized carbons (Fsp3) is 0.0625. The number of sulfonamides is 1. The van der Waals surface area contributed by atoms with Crippen LogP contribution < -0.4 is 5.14 Å². The van der Waals surface area contributed by atoms with Crippen LogP contribution >= 0.6 is 23.2 Å². The number of benzene rings is 2. The average Bonchev–Trinajstić information content (AvgIpc) is 3.02. The van der Waals surface area contributed by atoms with Gasteiger partial charge in [-0.2, -0.15) is 13.2 Å². The van der Waals surface area contributed by atoms with E-state index in [1.807, 2.05) is 0 Å². The van der Waals surface area contributed by atoms with E-state index in [2.05, 4.69) is 9.97 Å². The third-order valence-corrected chi connectivity index (χ3v) is 5.31. The molecule has 3 N–H and O–H groups in total. The molecule has 27 heavy (non-hydrogen) atoms. The van der Waals surface area contributed by atoms with Gasteiger partial charge >= 0.3 is 6.18 Å². The van der Waals surface area contributed by atoms with E-state index in [4.69, 9.17) is 28.3 Å². The van der Waals surface area contributed by atoms with Gasteiger partial charge in [-0.1, -0.05) is 41.4 Å². The van der Waals surface area contributed by atoms with Crippen molar-refractivity contribution < 1.29 is 21.6 Å². The normalized spacial score (nSPS) is 12.4. The summed E-state index contributed by atoms with van der Waals surface area (Å²) in [6.07, 6.45) is -4.70. The van der Waals surface area contributed by atoms with Gasteiger partial charge in [0.15, 0.2) is 0 Å². The van der Waals surface area contributed by atoms with Crippen LogP contribution in [0.5, 0.6) is 0 Å². The summed E-state index contributed by atoms with van der Waals surface area (Å²) in [6.45, 7) is 0. The molecule has 0 aliphatic rings. The lowest BCUT2D eigenvalue weighted by Crippen LogP contribution is -2.11. The van der Waals surface area contributed by atoms with Crippen LogP contribution in [0.15, 0.2) is 47.4 Å². The third kappa shape index (κ3) is 4.11. The predicted octanol–water partition coefficient (Wildman–Crippen LogP) is 4.72. The molecule has 1 heterocycles. The van der Waals surface area contributed by atoms with Gasteiger partial charge in [0.1, 0.15) is 0 Å². The Balaban J connectivity index is 2.19. The summed E-state index contributed by atoms with van der Waals surface area (Å²) in [4.78, 5) is 5.71. The van der Waals surface area contributed by atoms with Gasteiger partial charge in [-0.05, 0) is 24.3 Å². The van der Waals surface area contributed by atoms with Crippen molar-refractivity contribution in [2.45, 2.75) is 11.1 Å². The van der Waals surface area contributed by atoms with Crippen molar-refractivity contribution in [3.63, 3.8) is 0 Å². The largest absolute Gasteiger partial charge is 0.449 e. The topological polar surface area (TPSA) is 88.8 Å². The fourth-order valence-corrected chi connectivity index (χ4v) is 3.19. The number of nitrogens with two attached hydrogens (primary N) is 1. The Kier molecular flexibility index (Phi) is 4.98. The molecule has 2 aromatic carbocycles. The number of halogens is 5. The minimum Gasteiger partial charge on any atom is -0.334 e. The van der Waals surface area contributed by atoms with E-state index in [1.54, 1.807) is 0 Å². The maximum atomic E-state index is 13.1. The minimum atomic E-state index is -4.70. The first-order valence-electron chi connectivity index (χ1n) is 7.22. The van der Waals surface area contributed by atoms with E-state index in [9.17, 15) is 21.6 Å². The number of aromatic nitrogens is 2. The number of primary sulfonamides is 1. The van der Waals surface area contributed by atoms with E-state index in [1.165, 1.54) is 42.5 Å². The summed E-state index contributed by atoms with van der Waals surface area (Å²) in [6, 6.07) is 9.34. The molecule has 0 unspecified atom stereocenters. The molecule has 0 aliphatic carbocycles. The molecule has 142 valence electrons. The first kappa shape index (κ1) is 19.7. The summed E-state index contributed by atoms with van der Waals surface area (Å²) in [5.41, 5.74) is 0.624. The monoisotopic (exact) mass is 435 g/mol. The number of rotatable bonds is 3. The minimum absolute atomic E-state index is 0.0262. The Labute approximate surface area is 162 Å². The van der Waals surface area contributed by atoms with Gasteiger partial charge in [0, 0.05) is 11.1 Å². The number of hydrogen-bond donors (Lipinski definition) is 2. The van der Waals surface area contributed by atoms with Gasteiger partial charge in [-0.15, -0.1) is 0 Å². The molecular weight excluding hydrogens is 426 g/mol. The first-order chi connectivity index (χ1) is 12.5. The highest BCUT2D eigenvalue weighted by Crippen LogP contribution is 2.37. The number of imidazole rings is 1. The molecule has 0 saturated heterocycles. The second-order valence-corrected chi connectivity index (χ2v) is 7.88. The quantitative estimate of drug-likeness (QED) is 0.623. The molecule has 0 atom stereocenters. The van der Waals surface area contributed by atoms with Crippen molar-refractivity contribution in [2.75, 3.05) is 0 Å². The zero-order valence-electron chi connectivity index (χ0n) is 13.2. The highest BCUT2D eigenvalue weighted by atomic mass is 35.5. The van der Waals surface area contributed by atoms with E-state index >= 15 is 0 Å². The van der Waals surface area contributed by atoms with Crippen molar-refractivity contribution in [1.29, 1.82) is 0 Å². The summed E-state index contributed by atoms with van der Waals surface area (Å²) in [5, 5.41) is 5.44. The van der Waals surface area contributed by atoms with Gasteiger partial charge in [-0.25, -0.2) is 18.5 Å². The Morgan fingerprint density at radius 2 is 1.56 bits per heavy atom. The molecular formula is C16H10Cl2F3N3O2S.